The van der Waals surface area contributed by atoms with Gasteiger partial charge in [0.2, 0.25) is 5.91 Å². The number of halogens is 2. The average Bonchev–Trinajstić information content (AvgIpc) is 3.36. The maximum Gasteiger partial charge on any atom is 1.00 e. The maximum atomic E-state index is 12.1. The van der Waals surface area contributed by atoms with E-state index < -0.39 is 49.2 Å². The number of hydrogen-bond acceptors (Lipinski definition) is 14. The van der Waals surface area contributed by atoms with Gasteiger partial charge < -0.3 is 29.2 Å². The van der Waals surface area contributed by atoms with Crippen molar-refractivity contribution in [1.29, 1.82) is 5.26 Å². The summed E-state index contributed by atoms with van der Waals surface area (Å²) in [6.07, 6.45) is 1.80. The summed E-state index contributed by atoms with van der Waals surface area (Å²) >= 11 is 12.2. The number of benzene rings is 2. The molecule has 1 N–H and O–H groups in total. The van der Waals surface area contributed by atoms with Crippen molar-refractivity contribution in [2.24, 2.45) is 10.2 Å². The number of aromatic nitrogens is 2. The van der Waals surface area contributed by atoms with E-state index in [9.17, 15) is 45.9 Å². The van der Waals surface area contributed by atoms with Crippen molar-refractivity contribution in [2.45, 2.75) is 32.6 Å². The number of azo groups is 1. The summed E-state index contributed by atoms with van der Waals surface area (Å²) in [6, 6.07) is 8.81. The van der Waals surface area contributed by atoms with Crippen molar-refractivity contribution in [3.8, 4) is 11.8 Å². The van der Waals surface area contributed by atoms with E-state index in [0.717, 1.165) is 16.9 Å². The first-order valence-electron chi connectivity index (χ1n) is 13.6. The minimum Gasteiger partial charge on any atom is -0.748 e. The molecule has 0 aliphatic rings. The molecule has 0 spiro atoms. The minimum absolute atomic E-state index is 0. The van der Waals surface area contributed by atoms with Crippen LogP contribution in [0.2, 0.25) is 10.0 Å². The predicted octanol–water partition coefficient (Wildman–Crippen LogP) is -5.74. The molecule has 0 saturated heterocycles. The van der Waals surface area contributed by atoms with Crippen LogP contribution in [-0.2, 0) is 25.0 Å². The number of carbonyl (C=O) groups is 2. The first kappa shape index (κ1) is 50.8. The third-order valence-corrected chi connectivity index (χ3v) is 8.46. The second-order valence-electron chi connectivity index (χ2n) is 9.98. The maximum absolute atomic E-state index is 12.1. The Morgan fingerprint density at radius 3 is 2.04 bits per heavy atom. The van der Waals surface area contributed by atoms with Gasteiger partial charge in [0.05, 0.1) is 48.8 Å². The van der Waals surface area contributed by atoms with Crippen molar-refractivity contribution in [1.82, 2.24) is 9.78 Å². The third-order valence-electron chi connectivity index (χ3n) is 6.38. The Morgan fingerprint density at radius 1 is 0.960 bits per heavy atom. The first-order valence-corrected chi connectivity index (χ1v) is 17.5. The summed E-state index contributed by atoms with van der Waals surface area (Å²) in [5.41, 5.74) is 0.0187. The Balaban J connectivity index is 0.00000800. The Labute approximate surface area is 426 Å². The number of nitrogens with zero attached hydrogens (tertiary/aromatic N) is 6. The zero-order chi connectivity index (χ0) is 34.9. The smallest absolute Gasteiger partial charge is 0.748 e. The molecule has 2 aromatic carbocycles. The second kappa shape index (κ2) is 23.7. The molecular weight excluding hydrogens is 819 g/mol. The van der Waals surface area contributed by atoms with Crippen LogP contribution < -0.4 is 169 Å². The van der Waals surface area contributed by atoms with Crippen molar-refractivity contribution >= 4 is 78.2 Å². The van der Waals surface area contributed by atoms with Gasteiger partial charge in [-0.1, -0.05) is 23.2 Å². The molecule has 23 heteroatoms. The van der Waals surface area contributed by atoms with Crippen molar-refractivity contribution in [2.75, 3.05) is 34.8 Å². The number of anilines is 2. The molecule has 1 heterocycles. The van der Waals surface area contributed by atoms with E-state index in [1.807, 2.05) is 6.07 Å². The average molecular weight is 845 g/mol. The van der Waals surface area contributed by atoms with Gasteiger partial charge in [-0.25, -0.2) is 21.5 Å². The molecule has 3 rings (SSSR count). The number of nitriles is 1. The minimum atomic E-state index is -4.42. The van der Waals surface area contributed by atoms with Crippen molar-refractivity contribution in [3.05, 3.63) is 57.7 Å². The Morgan fingerprint density at radius 2 is 1.54 bits per heavy atom. The van der Waals surface area contributed by atoms with Crippen LogP contribution in [0.25, 0.3) is 5.69 Å². The number of unbranched alkanes of at least 4 members (excludes halogenated alkanes) is 2. The van der Waals surface area contributed by atoms with Gasteiger partial charge >= 0.3 is 154 Å². The Kier molecular flexibility index (Phi) is 24.0. The zero-order valence-electron chi connectivity index (χ0n) is 27.6. The van der Waals surface area contributed by atoms with E-state index in [0.29, 0.717) is 5.69 Å². The second-order valence-corrected chi connectivity index (χ2v) is 13.9. The van der Waals surface area contributed by atoms with Gasteiger partial charge in [-0.15, -0.1) is 10.2 Å². The molecule has 0 atom stereocenters. The molecule has 252 valence electrons. The molecule has 3 aromatic rings. The Hall–Kier alpha value is 0.789. The number of carbonyl (C=O) groups excluding carboxylic acids is 2. The van der Waals surface area contributed by atoms with Crippen molar-refractivity contribution in [3.63, 3.8) is 0 Å². The molecule has 0 fully saturated rings. The summed E-state index contributed by atoms with van der Waals surface area (Å²) < 4.78 is 67.1. The topological polar surface area (TPSA) is 253 Å². The molecule has 0 radical (unpaired) electrons. The fourth-order valence-corrected chi connectivity index (χ4v) is 6.04. The van der Waals surface area contributed by atoms with E-state index in [4.69, 9.17) is 23.2 Å². The largest absolute Gasteiger partial charge is 1.00 e. The molecule has 1 amide bonds. The molecule has 0 saturated carbocycles. The number of amides is 1. The summed E-state index contributed by atoms with van der Waals surface area (Å²) in [5.74, 6) is -3.46. The van der Waals surface area contributed by atoms with Gasteiger partial charge in [0.15, 0.2) is 5.82 Å². The van der Waals surface area contributed by atoms with Crippen LogP contribution in [0.1, 0.15) is 48.5 Å². The molecule has 1 aromatic heterocycles. The van der Waals surface area contributed by atoms with Crippen LogP contribution >= 0.6 is 23.2 Å². The number of carboxylic acid groups (broad SMARTS) is 1. The zero-order valence-corrected chi connectivity index (χ0v) is 40.1. The molecule has 0 aliphatic carbocycles. The molecule has 0 aliphatic heterocycles. The molecule has 0 unspecified atom stereocenters. The summed E-state index contributed by atoms with van der Waals surface area (Å²) in [7, 11) is -8.85. The van der Waals surface area contributed by atoms with Gasteiger partial charge in [-0.2, -0.15) is 10.4 Å². The van der Waals surface area contributed by atoms with Gasteiger partial charge in [-0.05, 0) is 56.0 Å². The van der Waals surface area contributed by atoms with Crippen molar-refractivity contribution < 1.29 is 195 Å². The number of rotatable bonds is 16. The van der Waals surface area contributed by atoms with E-state index in [2.05, 4.69) is 20.6 Å². The van der Waals surface area contributed by atoms with Gasteiger partial charge in [0.25, 0.3) is 0 Å². The van der Waals surface area contributed by atoms with E-state index in [-0.39, 0.29) is 231 Å². The van der Waals surface area contributed by atoms with Crippen LogP contribution in [0, 0.1) is 11.3 Å². The van der Waals surface area contributed by atoms with Gasteiger partial charge in [0.1, 0.15) is 17.3 Å². The summed E-state index contributed by atoms with van der Waals surface area (Å²) in [4.78, 5) is 25.7. The number of nitrogens with one attached hydrogen (secondary N) is 1. The number of aromatic carboxylic acids is 1. The summed E-state index contributed by atoms with van der Waals surface area (Å²) in [5, 5.41) is 36.3. The fraction of sp³-hybridized carbons (Fsp3) is 0.333. The molecule has 0 bridgehead atoms. The van der Waals surface area contributed by atoms with Crippen LogP contribution in [0.3, 0.4) is 0 Å². The van der Waals surface area contributed by atoms with E-state index in [1.54, 1.807) is 11.0 Å². The molecular formula is C27H26Cl2K3N7O9S2. The SMILES string of the molecule is CC(=O)Nc1cc(N(CCCCS(=O)(=O)[O-])CCCCS(=O)(=O)[O-])ccc1N=Nc1c(C#N)cnn1-c1c(Cl)cc(Cl)cc1C(=O)[O-].[K+].[K+].[K+]. The van der Waals surface area contributed by atoms with Gasteiger partial charge in [0, 0.05) is 47.8 Å². The monoisotopic (exact) mass is 843 g/mol. The van der Waals surface area contributed by atoms with Crippen LogP contribution in [0.5, 0.6) is 0 Å². The number of carboxylic acids is 1. The first-order chi connectivity index (χ1) is 22.0. The standard InChI is InChI=1S/C27H29Cl2N7O9S2.3K/c1-17(37)32-24-14-20(35(8-2-4-10-46(40,41)42)9-3-5-11-47(43,44)45)6-7-23(24)33-34-26-18(15-30)16-31-36(26)25-21(27(38)39)12-19(28)13-22(25)29;;;/h6-7,12-14,16H,2-5,8-11H2,1H3,(H,32,37)(H,38,39)(H,40,41,42)(H,43,44,45);;;/q;3*+1/p-3. The molecule has 16 nitrogen and oxygen atoms in total. The van der Waals surface area contributed by atoms with Crippen LogP contribution in [0.15, 0.2) is 46.8 Å². The fourth-order valence-electron chi connectivity index (χ4n) is 4.35. The Bertz CT molecular complexity index is 1920. The van der Waals surface area contributed by atoms with Gasteiger partial charge in [-0.3, -0.25) is 4.79 Å². The normalized spacial score (nSPS) is 11.1. The predicted molar refractivity (Wildman–Crippen MR) is 167 cm³/mol. The molecule has 50 heavy (non-hydrogen) atoms. The third kappa shape index (κ3) is 16.7. The van der Waals surface area contributed by atoms with E-state index >= 15 is 0 Å². The van der Waals surface area contributed by atoms with Crippen LogP contribution in [0.4, 0.5) is 22.9 Å². The number of hydrogen-bond donors (Lipinski definition) is 1. The van der Waals surface area contributed by atoms with Crippen LogP contribution in [-0.4, -0.2) is 72.2 Å². The quantitative estimate of drug-likeness (QED) is 0.0613. The van der Waals surface area contributed by atoms with E-state index in [1.165, 1.54) is 25.1 Å². The summed E-state index contributed by atoms with van der Waals surface area (Å²) in [6.45, 7) is 1.73.